The maximum absolute atomic E-state index is 9.29. The van der Waals surface area contributed by atoms with E-state index in [9.17, 15) is 5.11 Å². The molecule has 1 aliphatic rings. The van der Waals surface area contributed by atoms with Crippen molar-refractivity contribution in [2.24, 2.45) is 0 Å². The third kappa shape index (κ3) is 18.3. The van der Waals surface area contributed by atoms with E-state index in [1.807, 2.05) is 0 Å². The molecular weight excluding hydrogens is 359 g/mol. The monoisotopic (exact) mass is 397 g/mol. The van der Waals surface area contributed by atoms with Gasteiger partial charge in [-0.1, -0.05) is 96.8 Å². The molecule has 3 nitrogen and oxygen atoms in total. The van der Waals surface area contributed by atoms with Crippen molar-refractivity contribution in [1.29, 1.82) is 0 Å². The standard InChI is InChI=1S/C18H36O3.Ca.Mn.2H/c1-2-3-4-5-6-7-8-9-10-11-12-13-14-15-16-17-18(19)20-21-18;;;;/h19H,2-17H2,1H3;;;;. The molecule has 0 spiro atoms. The summed E-state index contributed by atoms with van der Waals surface area (Å²) < 4.78 is 0. The Balaban J connectivity index is 0. The molecule has 0 saturated carbocycles. The maximum atomic E-state index is 9.29. The van der Waals surface area contributed by atoms with Gasteiger partial charge in [0.05, 0.1) is 0 Å². The van der Waals surface area contributed by atoms with Crippen LogP contribution < -0.4 is 0 Å². The topological polar surface area (TPSA) is 45.3 Å². The molecule has 0 aromatic heterocycles. The fourth-order valence-electron chi connectivity index (χ4n) is 2.85. The number of hydrogen-bond donors (Lipinski definition) is 1. The summed E-state index contributed by atoms with van der Waals surface area (Å²) in [6.07, 6.45) is 21.0. The molecule has 1 N–H and O–H groups in total. The van der Waals surface area contributed by atoms with E-state index >= 15 is 0 Å². The summed E-state index contributed by atoms with van der Waals surface area (Å²) in [5.41, 5.74) is 0. The second-order valence-electron chi connectivity index (χ2n) is 6.58. The van der Waals surface area contributed by atoms with Crippen LogP contribution in [0.2, 0.25) is 0 Å². The van der Waals surface area contributed by atoms with Crippen molar-refractivity contribution in [3.05, 3.63) is 0 Å². The Morgan fingerprint density at radius 1 is 0.609 bits per heavy atom. The molecule has 1 rings (SSSR count). The average molecular weight is 398 g/mol. The first-order chi connectivity index (χ1) is 10.3. The van der Waals surface area contributed by atoms with E-state index in [0.717, 1.165) is 6.42 Å². The zero-order valence-corrected chi connectivity index (χ0v) is 15.6. The van der Waals surface area contributed by atoms with Gasteiger partial charge in [0, 0.05) is 23.5 Å². The quantitative estimate of drug-likeness (QED) is 0.174. The van der Waals surface area contributed by atoms with Gasteiger partial charge in [0.1, 0.15) is 0 Å². The zero-order chi connectivity index (χ0) is 15.2. The Labute approximate surface area is 184 Å². The maximum Gasteiger partial charge on any atom is 0 e. The molecule has 5 heteroatoms. The summed E-state index contributed by atoms with van der Waals surface area (Å²) in [6, 6.07) is 0. The smallest absolute Gasteiger partial charge is 0 e. The predicted molar refractivity (Wildman–Crippen MR) is 95.2 cm³/mol. The summed E-state index contributed by atoms with van der Waals surface area (Å²) >= 11 is 0. The van der Waals surface area contributed by atoms with Crippen molar-refractivity contribution in [3.8, 4) is 0 Å². The van der Waals surface area contributed by atoms with E-state index in [0.29, 0.717) is 6.42 Å². The van der Waals surface area contributed by atoms with Crippen LogP contribution in [0.15, 0.2) is 0 Å². The molecule has 1 heterocycles. The number of aliphatic hydroxyl groups is 1. The van der Waals surface area contributed by atoms with Gasteiger partial charge >= 0.3 is 43.7 Å². The Morgan fingerprint density at radius 2 is 0.913 bits per heavy atom. The average Bonchev–Trinajstić information content (AvgIpc) is 3.21. The molecule has 0 aromatic rings. The molecule has 0 bridgehead atoms. The van der Waals surface area contributed by atoms with Crippen molar-refractivity contribution < 1.29 is 32.0 Å². The van der Waals surface area contributed by atoms with Crippen LogP contribution in [0, 0.1) is 0 Å². The Bertz CT molecular complexity index is 238. The van der Waals surface area contributed by atoms with Crippen LogP contribution in [0.1, 0.15) is 110 Å². The summed E-state index contributed by atoms with van der Waals surface area (Å²) in [5.74, 6) is -1.21. The molecule has 1 saturated heterocycles. The fourth-order valence-corrected chi connectivity index (χ4v) is 2.85. The van der Waals surface area contributed by atoms with Gasteiger partial charge in [-0.25, -0.2) is 0 Å². The second kappa shape index (κ2) is 18.5. The normalized spacial score (nSPS) is 14.9. The minimum atomic E-state index is -1.21. The third-order valence-corrected chi connectivity index (χ3v) is 4.37. The van der Waals surface area contributed by atoms with Crippen LogP contribution in [-0.2, 0) is 26.8 Å². The number of unbranched alkanes of at least 4 members (excludes halogenated alkanes) is 14. The van der Waals surface area contributed by atoms with Crippen LogP contribution in [0.5, 0.6) is 0 Å². The second-order valence-corrected chi connectivity index (χ2v) is 6.58. The first kappa shape index (κ1) is 26.9. The van der Waals surface area contributed by atoms with Gasteiger partial charge in [-0.15, -0.1) is 0 Å². The van der Waals surface area contributed by atoms with Crippen molar-refractivity contribution in [2.45, 2.75) is 116 Å². The van der Waals surface area contributed by atoms with Gasteiger partial charge in [-0.05, 0) is 6.42 Å². The van der Waals surface area contributed by atoms with E-state index in [1.54, 1.807) is 0 Å². The SMILES string of the molecule is CCCCCCCCCCCCCCCCCC1(O)OO1.[CaH2].[Mn]. The van der Waals surface area contributed by atoms with Crippen LogP contribution >= 0.6 is 0 Å². The molecule has 1 radical (unpaired) electrons. The molecular formula is C18H38CaMnO3. The minimum absolute atomic E-state index is 0. The first-order valence-corrected chi connectivity index (χ1v) is 9.36. The Morgan fingerprint density at radius 3 is 1.22 bits per heavy atom. The Hall–Kier alpha value is 1.66. The van der Waals surface area contributed by atoms with Crippen LogP contribution in [0.3, 0.4) is 0 Å². The van der Waals surface area contributed by atoms with Gasteiger partial charge in [-0.2, -0.15) is 9.78 Å². The van der Waals surface area contributed by atoms with E-state index in [4.69, 9.17) is 0 Å². The number of rotatable bonds is 16. The van der Waals surface area contributed by atoms with Gasteiger partial charge in [-0.3, -0.25) is 0 Å². The van der Waals surface area contributed by atoms with E-state index in [2.05, 4.69) is 16.7 Å². The summed E-state index contributed by atoms with van der Waals surface area (Å²) in [6.45, 7) is 2.28. The van der Waals surface area contributed by atoms with Gasteiger partial charge in [0.25, 0.3) is 0 Å². The minimum Gasteiger partial charge on any atom is 0 e. The number of hydrogen-bond acceptors (Lipinski definition) is 3. The van der Waals surface area contributed by atoms with Crippen molar-refractivity contribution in [3.63, 3.8) is 0 Å². The van der Waals surface area contributed by atoms with Crippen LogP contribution in [-0.4, -0.2) is 48.8 Å². The molecule has 137 valence electrons. The third-order valence-electron chi connectivity index (χ3n) is 4.37. The van der Waals surface area contributed by atoms with Gasteiger partial charge in [0.15, 0.2) is 0 Å². The van der Waals surface area contributed by atoms with Crippen molar-refractivity contribution in [2.75, 3.05) is 0 Å². The van der Waals surface area contributed by atoms with Crippen molar-refractivity contribution in [1.82, 2.24) is 0 Å². The van der Waals surface area contributed by atoms with Crippen LogP contribution in [0.25, 0.3) is 0 Å². The molecule has 0 unspecified atom stereocenters. The van der Waals surface area contributed by atoms with Gasteiger partial charge in [0.2, 0.25) is 0 Å². The summed E-state index contributed by atoms with van der Waals surface area (Å²) in [4.78, 5) is 8.94. The largest absolute Gasteiger partial charge is 0 e. The first-order valence-electron chi connectivity index (χ1n) is 9.36. The molecule has 1 fully saturated rings. The molecule has 0 atom stereocenters. The molecule has 1 aliphatic heterocycles. The molecule has 0 aromatic carbocycles. The zero-order valence-electron chi connectivity index (χ0n) is 14.5. The molecule has 23 heavy (non-hydrogen) atoms. The summed E-state index contributed by atoms with van der Waals surface area (Å²) in [7, 11) is 0. The Kier molecular flexibility index (Phi) is 21.6. The van der Waals surface area contributed by atoms with Gasteiger partial charge < -0.3 is 5.11 Å². The van der Waals surface area contributed by atoms with E-state index < -0.39 is 5.97 Å². The predicted octanol–water partition coefficient (Wildman–Crippen LogP) is 4.94. The molecule has 0 amide bonds. The molecule has 0 aliphatic carbocycles. The summed E-state index contributed by atoms with van der Waals surface area (Å²) in [5, 5.41) is 9.29. The van der Waals surface area contributed by atoms with E-state index in [1.165, 1.54) is 89.9 Å². The van der Waals surface area contributed by atoms with Crippen LogP contribution in [0.4, 0.5) is 0 Å². The fraction of sp³-hybridized carbons (Fsp3) is 1.00. The van der Waals surface area contributed by atoms with E-state index in [-0.39, 0.29) is 54.8 Å². The van der Waals surface area contributed by atoms with Crippen molar-refractivity contribution >= 4 is 37.7 Å².